The summed E-state index contributed by atoms with van der Waals surface area (Å²) in [6.07, 6.45) is 13.0. The highest BCUT2D eigenvalue weighted by atomic mass is 16.4. The molecular formula is C34H45N5O4. The second kappa shape index (κ2) is 10.4. The minimum absolute atomic E-state index is 0.0549. The van der Waals surface area contributed by atoms with Gasteiger partial charge in [-0.25, -0.2) is 4.98 Å². The summed E-state index contributed by atoms with van der Waals surface area (Å²) < 4.78 is 2.06. The average molecular weight is 588 g/mol. The smallest absolute Gasteiger partial charge is 0.308 e. The first kappa shape index (κ1) is 27.7. The number of aromatic nitrogens is 2. The summed E-state index contributed by atoms with van der Waals surface area (Å²) >= 11 is 0. The molecule has 3 saturated heterocycles. The molecule has 2 N–H and O–H groups in total. The number of hydrogen-bond donors (Lipinski definition) is 2. The average Bonchev–Trinajstić information content (AvgIpc) is 3.59. The second-order valence-corrected chi connectivity index (χ2v) is 14.9. The van der Waals surface area contributed by atoms with Crippen molar-refractivity contribution in [3.8, 4) is 0 Å². The molecule has 230 valence electrons. The molecule has 2 aromatic rings. The number of fused-ring (bicyclic) bond motifs is 3. The monoisotopic (exact) mass is 587 g/mol. The number of para-hydroxylation sites is 2. The molecule has 6 bridgehead atoms. The van der Waals surface area contributed by atoms with E-state index in [-0.39, 0.29) is 17.4 Å². The molecule has 7 atom stereocenters. The molecule has 9 heteroatoms. The van der Waals surface area contributed by atoms with Crippen molar-refractivity contribution >= 4 is 28.6 Å². The summed E-state index contributed by atoms with van der Waals surface area (Å²) in [7, 11) is 0. The minimum Gasteiger partial charge on any atom is -0.481 e. The van der Waals surface area contributed by atoms with E-state index in [0.29, 0.717) is 49.6 Å². The highest BCUT2D eigenvalue weighted by Gasteiger charge is 2.63. The van der Waals surface area contributed by atoms with Crippen LogP contribution >= 0.6 is 0 Å². The van der Waals surface area contributed by atoms with Gasteiger partial charge in [-0.05, 0) is 94.6 Å². The van der Waals surface area contributed by atoms with Gasteiger partial charge in [0.25, 0.3) is 5.56 Å². The number of piperidine rings is 2. The summed E-state index contributed by atoms with van der Waals surface area (Å²) in [5.74, 6) is 1.00. The van der Waals surface area contributed by atoms with E-state index < -0.39 is 17.8 Å². The van der Waals surface area contributed by atoms with Gasteiger partial charge in [0.1, 0.15) is 5.78 Å². The van der Waals surface area contributed by atoms with Gasteiger partial charge in [0, 0.05) is 55.8 Å². The van der Waals surface area contributed by atoms with Crippen LogP contribution in [0.4, 0.5) is 5.82 Å². The van der Waals surface area contributed by atoms with Crippen LogP contribution in [0.2, 0.25) is 0 Å². The number of likely N-dealkylation sites (tertiary alicyclic amines) is 1. The van der Waals surface area contributed by atoms with Crippen LogP contribution in [-0.2, 0) is 9.59 Å². The number of carbonyl (C=O) groups is 2. The molecule has 0 radical (unpaired) electrons. The van der Waals surface area contributed by atoms with Crippen molar-refractivity contribution in [2.45, 2.75) is 94.8 Å². The van der Waals surface area contributed by atoms with Gasteiger partial charge in [-0.3, -0.25) is 24.2 Å². The summed E-state index contributed by atoms with van der Waals surface area (Å²) in [4.78, 5) is 47.7. The Morgan fingerprint density at radius 1 is 0.977 bits per heavy atom. The molecule has 7 aliphatic rings. The normalized spacial score (nSPS) is 38.6. The fraction of sp³-hybridized carbons (Fsp3) is 0.706. The van der Waals surface area contributed by atoms with E-state index in [1.807, 2.05) is 29.2 Å². The number of benzene rings is 1. The number of aliphatic carboxylic acids is 1. The molecule has 4 aliphatic carbocycles. The van der Waals surface area contributed by atoms with Crippen LogP contribution < -0.4 is 10.9 Å². The van der Waals surface area contributed by atoms with E-state index in [1.54, 1.807) is 0 Å². The van der Waals surface area contributed by atoms with Gasteiger partial charge in [0.2, 0.25) is 0 Å². The van der Waals surface area contributed by atoms with Crippen LogP contribution in [0, 0.1) is 29.6 Å². The number of nitrogens with one attached hydrogen (secondary N) is 1. The van der Waals surface area contributed by atoms with Crippen molar-refractivity contribution in [1.29, 1.82) is 0 Å². The zero-order valence-corrected chi connectivity index (χ0v) is 25.3. The fourth-order valence-electron chi connectivity index (χ4n) is 11.2. The summed E-state index contributed by atoms with van der Waals surface area (Å²) in [6, 6.07) is 9.29. The Labute approximate surface area is 253 Å². The van der Waals surface area contributed by atoms with Crippen molar-refractivity contribution in [2.75, 3.05) is 31.5 Å². The largest absolute Gasteiger partial charge is 0.481 e. The van der Waals surface area contributed by atoms with E-state index in [4.69, 9.17) is 4.98 Å². The SMILES string of the molecule is CC(=O)[C@@H]1CN(CCNc2nc3ccccc3n(C3C[C@H]4CCC[C@@H](C3)N4C34CC5CC(CC3C5)C4)c2=O)C[C@H]1C(=O)O. The van der Waals surface area contributed by atoms with Crippen LogP contribution in [0.15, 0.2) is 29.1 Å². The molecule has 1 aromatic heterocycles. The van der Waals surface area contributed by atoms with Crippen LogP contribution in [0.1, 0.15) is 77.2 Å². The number of ketones is 1. The molecule has 0 amide bonds. The minimum atomic E-state index is -0.918. The van der Waals surface area contributed by atoms with Gasteiger partial charge in [-0.1, -0.05) is 18.6 Å². The number of anilines is 1. The predicted molar refractivity (Wildman–Crippen MR) is 164 cm³/mol. The van der Waals surface area contributed by atoms with E-state index in [9.17, 15) is 19.5 Å². The maximum Gasteiger partial charge on any atom is 0.308 e. The first-order valence-electron chi connectivity index (χ1n) is 16.8. The van der Waals surface area contributed by atoms with Crippen molar-refractivity contribution in [3.05, 3.63) is 34.6 Å². The quantitative estimate of drug-likeness (QED) is 0.474. The van der Waals surface area contributed by atoms with Gasteiger partial charge in [-0.15, -0.1) is 0 Å². The van der Waals surface area contributed by atoms with Crippen LogP contribution in [0.5, 0.6) is 0 Å². The van der Waals surface area contributed by atoms with Crippen molar-refractivity contribution in [2.24, 2.45) is 29.6 Å². The number of carboxylic acids is 1. The second-order valence-electron chi connectivity index (χ2n) is 14.9. The Hall–Kier alpha value is -2.78. The molecule has 1 aromatic carbocycles. The third-order valence-corrected chi connectivity index (χ3v) is 12.5. The zero-order valence-electron chi connectivity index (χ0n) is 25.3. The van der Waals surface area contributed by atoms with Crippen LogP contribution in [0.25, 0.3) is 11.0 Å². The molecule has 9 rings (SSSR count). The van der Waals surface area contributed by atoms with Gasteiger partial charge in [0.15, 0.2) is 5.82 Å². The first-order chi connectivity index (χ1) is 20.8. The van der Waals surface area contributed by atoms with Gasteiger partial charge < -0.3 is 15.0 Å². The van der Waals surface area contributed by atoms with E-state index in [0.717, 1.165) is 41.6 Å². The Bertz CT molecular complexity index is 1460. The molecule has 0 spiro atoms. The lowest BCUT2D eigenvalue weighted by Crippen LogP contribution is -2.63. The Balaban J connectivity index is 1.04. The number of nitrogens with zero attached hydrogens (tertiary/aromatic N) is 4. The van der Waals surface area contributed by atoms with E-state index >= 15 is 0 Å². The summed E-state index contributed by atoms with van der Waals surface area (Å²) in [5.41, 5.74) is 2.12. The topological polar surface area (TPSA) is 108 Å². The van der Waals surface area contributed by atoms with Crippen LogP contribution in [-0.4, -0.2) is 80.0 Å². The first-order valence-corrected chi connectivity index (χ1v) is 16.8. The third-order valence-electron chi connectivity index (χ3n) is 12.5. The Kier molecular flexibility index (Phi) is 6.71. The third kappa shape index (κ3) is 4.47. The van der Waals surface area contributed by atoms with Crippen LogP contribution in [0.3, 0.4) is 0 Å². The lowest BCUT2D eigenvalue weighted by molar-refractivity contribution is -0.144. The molecular weight excluding hydrogens is 542 g/mol. The molecule has 7 fully saturated rings. The maximum atomic E-state index is 14.2. The molecule has 3 unspecified atom stereocenters. The van der Waals surface area contributed by atoms with E-state index in [1.165, 1.54) is 58.3 Å². The zero-order chi connectivity index (χ0) is 29.5. The summed E-state index contributed by atoms with van der Waals surface area (Å²) in [5, 5.41) is 12.9. The molecule has 3 aliphatic heterocycles. The molecule has 4 saturated carbocycles. The summed E-state index contributed by atoms with van der Waals surface area (Å²) in [6.45, 7) is 3.28. The standard InChI is InChI=1S/C34H45N5O4/c1-20(40)27-18-37(19-28(27)33(42)43)10-9-35-31-32(41)38(30-8-3-2-7-29(30)36-31)26-14-24-5-4-6-25(15-26)39(24)34-16-21-11-22(17-34)13-23(34)12-21/h2-3,7-8,21-28H,4-6,9-19H2,1H3,(H,35,36)(H,42,43)/t21?,22?,23?,24-,25+,26?,27-,28+,34?/m0/s1. The predicted octanol–water partition coefficient (Wildman–Crippen LogP) is 4.17. The van der Waals surface area contributed by atoms with E-state index in [2.05, 4.69) is 14.8 Å². The Morgan fingerprint density at radius 2 is 1.67 bits per heavy atom. The van der Waals surface area contributed by atoms with Crippen molar-refractivity contribution in [3.63, 3.8) is 0 Å². The maximum absolute atomic E-state index is 14.2. The van der Waals surface area contributed by atoms with Gasteiger partial charge in [-0.2, -0.15) is 0 Å². The number of carbonyl (C=O) groups excluding carboxylic acids is 1. The number of carboxylic acid groups (broad SMARTS) is 1. The molecule has 4 heterocycles. The Morgan fingerprint density at radius 3 is 2.35 bits per heavy atom. The lowest BCUT2D eigenvalue weighted by Gasteiger charge is -2.58. The lowest BCUT2D eigenvalue weighted by atomic mass is 9.73. The van der Waals surface area contributed by atoms with Gasteiger partial charge in [0.05, 0.1) is 17.0 Å². The molecule has 9 nitrogen and oxygen atoms in total. The highest BCUT2D eigenvalue weighted by molar-refractivity contribution is 5.85. The number of Topliss-reactive ketones (excluding diaryl/α,β-unsaturated/α-hetero) is 1. The fourth-order valence-corrected chi connectivity index (χ4v) is 11.2. The van der Waals surface area contributed by atoms with Crippen molar-refractivity contribution < 1.29 is 14.7 Å². The number of hydrogen-bond acceptors (Lipinski definition) is 7. The number of rotatable bonds is 8. The van der Waals surface area contributed by atoms with Gasteiger partial charge >= 0.3 is 5.97 Å². The molecule has 43 heavy (non-hydrogen) atoms. The van der Waals surface area contributed by atoms with Crippen molar-refractivity contribution in [1.82, 2.24) is 19.4 Å². The highest BCUT2D eigenvalue weighted by Crippen LogP contribution is 2.65.